The highest BCUT2D eigenvalue weighted by atomic mass is 16.5. The smallest absolute Gasteiger partial charge is 0.340 e. The summed E-state index contributed by atoms with van der Waals surface area (Å²) in [5, 5.41) is 2.99. The maximum absolute atomic E-state index is 11.9. The van der Waals surface area contributed by atoms with E-state index in [0.29, 0.717) is 11.3 Å². The van der Waals surface area contributed by atoms with E-state index >= 15 is 0 Å². The van der Waals surface area contributed by atoms with Crippen molar-refractivity contribution in [3.05, 3.63) is 23.8 Å². The third-order valence-corrected chi connectivity index (χ3v) is 2.91. The Morgan fingerprint density at radius 1 is 1.44 bits per heavy atom. The number of hydrogen-bond acceptors (Lipinski definition) is 4. The number of anilines is 2. The number of rotatable bonds is 2. The van der Waals surface area contributed by atoms with Gasteiger partial charge in [-0.3, -0.25) is 4.79 Å². The molecule has 0 fully saturated rings. The monoisotopic (exact) mass is 248 g/mol. The van der Waals surface area contributed by atoms with Crippen LogP contribution in [0.15, 0.2) is 18.2 Å². The molecule has 0 atom stereocenters. The van der Waals surface area contributed by atoms with E-state index < -0.39 is 5.97 Å². The molecular weight excluding hydrogens is 232 g/mol. The van der Waals surface area contributed by atoms with Crippen molar-refractivity contribution in [1.29, 1.82) is 0 Å². The van der Waals surface area contributed by atoms with Crippen LogP contribution in [0.2, 0.25) is 0 Å². The fraction of sp³-hybridized carbons (Fsp3) is 0.385. The first kappa shape index (κ1) is 12.4. The van der Waals surface area contributed by atoms with Crippen molar-refractivity contribution in [3.63, 3.8) is 0 Å². The molecule has 1 amide bonds. The number of methoxy groups -OCH3 is 1. The van der Waals surface area contributed by atoms with Crippen LogP contribution in [0.5, 0.6) is 0 Å². The van der Waals surface area contributed by atoms with Crippen LogP contribution in [0.25, 0.3) is 0 Å². The number of carbonyl (C=O) groups is 2. The van der Waals surface area contributed by atoms with E-state index in [0.717, 1.165) is 5.69 Å². The molecule has 0 radical (unpaired) electrons. The summed E-state index contributed by atoms with van der Waals surface area (Å²) in [7, 11) is 1.34. The SMILES string of the molecule is COC(=O)c1cccc2c1NCC(=O)N2C(C)C. The van der Waals surface area contributed by atoms with E-state index in [-0.39, 0.29) is 18.5 Å². The molecule has 1 aliphatic rings. The number of benzene rings is 1. The van der Waals surface area contributed by atoms with Crippen molar-refractivity contribution < 1.29 is 14.3 Å². The van der Waals surface area contributed by atoms with Crippen molar-refractivity contribution >= 4 is 23.3 Å². The molecule has 0 aromatic heterocycles. The van der Waals surface area contributed by atoms with E-state index in [1.807, 2.05) is 19.9 Å². The van der Waals surface area contributed by atoms with Crippen LogP contribution in [0.4, 0.5) is 11.4 Å². The summed E-state index contributed by atoms with van der Waals surface area (Å²) in [5.74, 6) is -0.406. The van der Waals surface area contributed by atoms with E-state index in [9.17, 15) is 9.59 Å². The summed E-state index contributed by atoms with van der Waals surface area (Å²) < 4.78 is 4.74. The number of para-hydroxylation sites is 1. The molecule has 0 aliphatic carbocycles. The molecule has 18 heavy (non-hydrogen) atoms. The Hall–Kier alpha value is -2.04. The van der Waals surface area contributed by atoms with Crippen molar-refractivity contribution in [2.45, 2.75) is 19.9 Å². The van der Waals surface area contributed by atoms with Crippen LogP contribution in [0.3, 0.4) is 0 Å². The summed E-state index contributed by atoms with van der Waals surface area (Å²) in [5.41, 5.74) is 1.84. The second-order valence-corrected chi connectivity index (χ2v) is 4.40. The van der Waals surface area contributed by atoms with E-state index in [4.69, 9.17) is 4.74 Å². The minimum Gasteiger partial charge on any atom is -0.465 e. The third-order valence-electron chi connectivity index (χ3n) is 2.91. The molecule has 1 aromatic rings. The summed E-state index contributed by atoms with van der Waals surface area (Å²) in [4.78, 5) is 25.3. The zero-order valence-corrected chi connectivity index (χ0v) is 10.7. The molecule has 96 valence electrons. The lowest BCUT2D eigenvalue weighted by Gasteiger charge is -2.33. The molecule has 0 spiro atoms. The van der Waals surface area contributed by atoms with E-state index in [1.165, 1.54) is 7.11 Å². The molecule has 0 saturated carbocycles. The van der Waals surface area contributed by atoms with Gasteiger partial charge in [-0.25, -0.2) is 4.79 Å². The minimum absolute atomic E-state index is 0.000448. The zero-order valence-electron chi connectivity index (χ0n) is 10.7. The Balaban J connectivity index is 2.54. The second-order valence-electron chi connectivity index (χ2n) is 4.40. The van der Waals surface area contributed by atoms with E-state index in [2.05, 4.69) is 5.32 Å². The van der Waals surface area contributed by atoms with E-state index in [1.54, 1.807) is 17.0 Å². The Morgan fingerprint density at radius 2 is 2.17 bits per heavy atom. The van der Waals surface area contributed by atoms with Crippen molar-refractivity contribution in [1.82, 2.24) is 0 Å². The van der Waals surface area contributed by atoms with Gasteiger partial charge in [0, 0.05) is 6.04 Å². The van der Waals surface area contributed by atoms with Gasteiger partial charge in [0.1, 0.15) is 0 Å². The predicted octanol–water partition coefficient (Wildman–Crippen LogP) is 1.64. The van der Waals surface area contributed by atoms with Gasteiger partial charge in [0.2, 0.25) is 5.91 Å². The average Bonchev–Trinajstić information content (AvgIpc) is 2.36. The van der Waals surface area contributed by atoms with Gasteiger partial charge in [-0.1, -0.05) is 6.07 Å². The number of ether oxygens (including phenoxy) is 1. The first-order valence-electron chi connectivity index (χ1n) is 5.83. The Bertz CT molecular complexity index is 497. The molecule has 1 heterocycles. The van der Waals surface area contributed by atoms with Gasteiger partial charge in [-0.15, -0.1) is 0 Å². The molecular formula is C13H16N2O3. The lowest BCUT2D eigenvalue weighted by Crippen LogP contribution is -2.44. The number of nitrogens with zero attached hydrogens (tertiary/aromatic N) is 1. The number of hydrogen-bond donors (Lipinski definition) is 1. The van der Waals surface area contributed by atoms with Gasteiger partial charge in [0.05, 0.1) is 30.6 Å². The summed E-state index contributed by atoms with van der Waals surface area (Å²) in [6.07, 6.45) is 0. The Morgan fingerprint density at radius 3 is 2.78 bits per heavy atom. The van der Waals surface area contributed by atoms with Crippen LogP contribution in [-0.2, 0) is 9.53 Å². The van der Waals surface area contributed by atoms with Gasteiger partial charge >= 0.3 is 5.97 Å². The molecule has 5 nitrogen and oxygen atoms in total. The number of nitrogens with one attached hydrogen (secondary N) is 1. The highest BCUT2D eigenvalue weighted by Gasteiger charge is 2.29. The molecule has 0 bridgehead atoms. The van der Waals surface area contributed by atoms with Crippen LogP contribution >= 0.6 is 0 Å². The van der Waals surface area contributed by atoms with Gasteiger partial charge in [-0.05, 0) is 26.0 Å². The topological polar surface area (TPSA) is 58.6 Å². The average molecular weight is 248 g/mol. The van der Waals surface area contributed by atoms with Crippen molar-refractivity contribution in [2.75, 3.05) is 23.9 Å². The highest BCUT2D eigenvalue weighted by molar-refractivity contribution is 6.08. The lowest BCUT2D eigenvalue weighted by atomic mass is 10.1. The van der Waals surface area contributed by atoms with Crippen molar-refractivity contribution in [3.8, 4) is 0 Å². The maximum Gasteiger partial charge on any atom is 0.340 e. The van der Waals surface area contributed by atoms with Crippen LogP contribution < -0.4 is 10.2 Å². The highest BCUT2D eigenvalue weighted by Crippen LogP contribution is 2.34. The maximum atomic E-state index is 11.9. The fourth-order valence-electron chi connectivity index (χ4n) is 2.16. The first-order chi connectivity index (χ1) is 8.56. The standard InChI is InChI=1S/C13H16N2O3/c1-8(2)15-10-6-4-5-9(13(17)18-3)12(10)14-7-11(15)16/h4-6,8,14H,7H2,1-3H3. The predicted molar refractivity (Wildman–Crippen MR) is 68.9 cm³/mol. The number of fused-ring (bicyclic) bond motifs is 1. The zero-order chi connectivity index (χ0) is 13.3. The minimum atomic E-state index is -0.405. The van der Waals surface area contributed by atoms with Crippen LogP contribution in [-0.4, -0.2) is 31.6 Å². The largest absolute Gasteiger partial charge is 0.465 e. The normalized spacial score (nSPS) is 14.2. The van der Waals surface area contributed by atoms with Gasteiger partial charge in [-0.2, -0.15) is 0 Å². The lowest BCUT2D eigenvalue weighted by molar-refractivity contribution is -0.117. The third kappa shape index (κ3) is 1.92. The number of esters is 1. The molecule has 1 aliphatic heterocycles. The van der Waals surface area contributed by atoms with Gasteiger partial charge in [0.15, 0.2) is 0 Å². The van der Waals surface area contributed by atoms with Crippen LogP contribution in [0.1, 0.15) is 24.2 Å². The van der Waals surface area contributed by atoms with Gasteiger partial charge in [0.25, 0.3) is 0 Å². The van der Waals surface area contributed by atoms with Gasteiger partial charge < -0.3 is 15.0 Å². The molecule has 1 aromatic carbocycles. The first-order valence-corrected chi connectivity index (χ1v) is 5.83. The molecule has 0 unspecified atom stereocenters. The second kappa shape index (κ2) is 4.68. The fourth-order valence-corrected chi connectivity index (χ4v) is 2.16. The number of carbonyl (C=O) groups excluding carboxylic acids is 2. The molecule has 0 saturated heterocycles. The molecule has 5 heteroatoms. The summed E-state index contributed by atoms with van der Waals surface area (Å²) in [6, 6.07) is 5.31. The summed E-state index contributed by atoms with van der Waals surface area (Å²) in [6.45, 7) is 4.08. The molecule has 2 rings (SSSR count). The van der Waals surface area contributed by atoms with Crippen LogP contribution in [0, 0.1) is 0 Å². The molecule has 1 N–H and O–H groups in total. The number of amides is 1. The Kier molecular flexibility index (Phi) is 3.23. The quantitative estimate of drug-likeness (QED) is 0.808. The Labute approximate surface area is 106 Å². The van der Waals surface area contributed by atoms with Crippen molar-refractivity contribution in [2.24, 2.45) is 0 Å². The summed E-state index contributed by atoms with van der Waals surface area (Å²) >= 11 is 0.